The second-order valence-electron chi connectivity index (χ2n) is 6.03. The van der Waals surface area contributed by atoms with E-state index in [1.54, 1.807) is 36.5 Å². The van der Waals surface area contributed by atoms with Crippen molar-refractivity contribution in [3.8, 4) is 0 Å². The number of hydrogen-bond acceptors (Lipinski definition) is 6. The van der Waals surface area contributed by atoms with Crippen LogP contribution in [0.3, 0.4) is 0 Å². The molecule has 3 aromatic rings. The Hall–Kier alpha value is -3.82. The van der Waals surface area contributed by atoms with Crippen LogP contribution in [0.4, 0.5) is 10.5 Å². The Morgan fingerprint density at radius 1 is 1.30 bits per heavy atom. The lowest BCUT2D eigenvalue weighted by Gasteiger charge is -2.13. The van der Waals surface area contributed by atoms with Crippen LogP contribution in [0.2, 0.25) is 0 Å². The topological polar surface area (TPSA) is 122 Å². The summed E-state index contributed by atoms with van der Waals surface area (Å²) in [4.78, 5) is 45.1. The maximum absolute atomic E-state index is 12.4. The Balaban J connectivity index is 1.52. The standard InChI is InChI=1S/C17H15N7O3/c1-10-5-6-18-16-21-14(22-24(10)16)15(26)20-12-4-2-3-11(7-12)9-23-13(25)8-19-17(23)27/h2-7H,8-9H2,1H3,(H,19,27)(H,20,26). The average Bonchev–Trinajstić information content (AvgIpc) is 3.22. The Kier molecular flexibility index (Phi) is 3.99. The van der Waals surface area contributed by atoms with Gasteiger partial charge in [0.1, 0.15) is 0 Å². The van der Waals surface area contributed by atoms with Gasteiger partial charge < -0.3 is 10.6 Å². The van der Waals surface area contributed by atoms with E-state index < -0.39 is 11.9 Å². The highest BCUT2D eigenvalue weighted by atomic mass is 16.2. The SMILES string of the molecule is Cc1ccnc2nc(C(=O)Nc3cccc(CN4C(=O)CNC4=O)c3)nn12. The predicted octanol–water partition coefficient (Wildman–Crippen LogP) is 0.737. The Morgan fingerprint density at radius 3 is 2.89 bits per heavy atom. The van der Waals surface area contributed by atoms with Crippen LogP contribution in [-0.4, -0.2) is 48.9 Å². The number of urea groups is 1. The van der Waals surface area contributed by atoms with Crippen LogP contribution < -0.4 is 10.6 Å². The molecule has 1 aliphatic heterocycles. The van der Waals surface area contributed by atoms with Crippen LogP contribution in [0.5, 0.6) is 0 Å². The van der Waals surface area contributed by atoms with Crippen molar-refractivity contribution in [3.05, 3.63) is 53.6 Å². The molecule has 2 aromatic heterocycles. The van der Waals surface area contributed by atoms with Gasteiger partial charge in [0.25, 0.3) is 11.7 Å². The van der Waals surface area contributed by atoms with Gasteiger partial charge in [-0.1, -0.05) is 12.1 Å². The van der Waals surface area contributed by atoms with Crippen LogP contribution in [0, 0.1) is 6.92 Å². The fourth-order valence-corrected chi connectivity index (χ4v) is 2.73. The first-order valence-corrected chi connectivity index (χ1v) is 8.18. The molecule has 1 saturated heterocycles. The lowest BCUT2D eigenvalue weighted by molar-refractivity contribution is -0.125. The molecule has 1 aromatic carbocycles. The number of nitrogens with one attached hydrogen (secondary N) is 2. The maximum atomic E-state index is 12.4. The van der Waals surface area contributed by atoms with Gasteiger partial charge in [-0.2, -0.15) is 4.98 Å². The number of imide groups is 1. The minimum absolute atomic E-state index is 0.00225. The summed E-state index contributed by atoms with van der Waals surface area (Å²) < 4.78 is 1.49. The second-order valence-corrected chi connectivity index (χ2v) is 6.03. The summed E-state index contributed by atoms with van der Waals surface area (Å²) in [6, 6.07) is 8.23. The van der Waals surface area contributed by atoms with Crippen molar-refractivity contribution in [1.29, 1.82) is 0 Å². The second kappa shape index (κ2) is 6.48. The molecule has 0 spiro atoms. The monoisotopic (exact) mass is 365 g/mol. The summed E-state index contributed by atoms with van der Waals surface area (Å²) in [6.07, 6.45) is 1.60. The van der Waals surface area contributed by atoms with Crippen molar-refractivity contribution >= 4 is 29.3 Å². The molecule has 0 saturated carbocycles. The van der Waals surface area contributed by atoms with E-state index in [1.807, 2.05) is 6.92 Å². The molecule has 3 heterocycles. The molecular weight excluding hydrogens is 350 g/mol. The quantitative estimate of drug-likeness (QED) is 0.658. The molecule has 0 aliphatic carbocycles. The van der Waals surface area contributed by atoms with Crippen molar-refractivity contribution in [2.45, 2.75) is 13.5 Å². The number of aromatic nitrogens is 4. The van der Waals surface area contributed by atoms with Gasteiger partial charge in [-0.25, -0.2) is 14.3 Å². The van der Waals surface area contributed by atoms with E-state index in [2.05, 4.69) is 25.7 Å². The van der Waals surface area contributed by atoms with Gasteiger partial charge in [-0.15, -0.1) is 5.10 Å². The molecule has 2 N–H and O–H groups in total. The smallest absolute Gasteiger partial charge is 0.324 e. The highest BCUT2D eigenvalue weighted by Gasteiger charge is 2.28. The molecule has 10 nitrogen and oxygen atoms in total. The van der Waals surface area contributed by atoms with Crippen LogP contribution in [-0.2, 0) is 11.3 Å². The first kappa shape index (κ1) is 16.6. The van der Waals surface area contributed by atoms with Crippen LogP contribution in [0.1, 0.15) is 21.9 Å². The average molecular weight is 365 g/mol. The van der Waals surface area contributed by atoms with Crippen molar-refractivity contribution in [1.82, 2.24) is 29.8 Å². The zero-order valence-electron chi connectivity index (χ0n) is 14.3. The van der Waals surface area contributed by atoms with Gasteiger partial charge in [0.2, 0.25) is 11.7 Å². The maximum Gasteiger partial charge on any atom is 0.324 e. The molecule has 0 atom stereocenters. The Bertz CT molecular complexity index is 1060. The Morgan fingerprint density at radius 2 is 2.15 bits per heavy atom. The molecule has 136 valence electrons. The van der Waals surface area contributed by atoms with Gasteiger partial charge >= 0.3 is 6.03 Å². The van der Waals surface area contributed by atoms with E-state index in [1.165, 1.54) is 4.52 Å². The molecule has 0 unspecified atom stereocenters. The third-order valence-corrected chi connectivity index (χ3v) is 4.10. The zero-order chi connectivity index (χ0) is 19.0. The molecule has 1 fully saturated rings. The van der Waals surface area contributed by atoms with Gasteiger partial charge in [-0.05, 0) is 30.7 Å². The van der Waals surface area contributed by atoms with Gasteiger partial charge in [-0.3, -0.25) is 14.5 Å². The lowest BCUT2D eigenvalue weighted by atomic mass is 10.2. The molecular formula is C17H15N7O3. The molecule has 4 rings (SSSR count). The highest BCUT2D eigenvalue weighted by Crippen LogP contribution is 2.15. The largest absolute Gasteiger partial charge is 0.329 e. The molecule has 0 radical (unpaired) electrons. The zero-order valence-corrected chi connectivity index (χ0v) is 14.3. The van der Waals surface area contributed by atoms with E-state index in [4.69, 9.17) is 0 Å². The van der Waals surface area contributed by atoms with Crippen molar-refractivity contribution in [2.75, 3.05) is 11.9 Å². The van der Waals surface area contributed by atoms with Gasteiger partial charge in [0, 0.05) is 17.6 Å². The van der Waals surface area contributed by atoms with Crippen molar-refractivity contribution in [2.24, 2.45) is 0 Å². The minimum Gasteiger partial charge on any atom is -0.329 e. The summed E-state index contributed by atoms with van der Waals surface area (Å²) >= 11 is 0. The van der Waals surface area contributed by atoms with Crippen LogP contribution in [0.15, 0.2) is 36.5 Å². The molecule has 1 aliphatic rings. The number of benzene rings is 1. The number of rotatable bonds is 4. The summed E-state index contributed by atoms with van der Waals surface area (Å²) in [5.41, 5.74) is 2.02. The predicted molar refractivity (Wildman–Crippen MR) is 93.9 cm³/mol. The van der Waals surface area contributed by atoms with Gasteiger partial charge in [0.15, 0.2) is 0 Å². The molecule has 10 heteroatoms. The van der Waals surface area contributed by atoms with E-state index in [0.717, 1.165) is 10.6 Å². The summed E-state index contributed by atoms with van der Waals surface area (Å²) in [5.74, 6) is -0.429. The fourth-order valence-electron chi connectivity index (χ4n) is 2.73. The number of nitrogens with zero attached hydrogens (tertiary/aromatic N) is 5. The van der Waals surface area contributed by atoms with Crippen LogP contribution in [0.25, 0.3) is 5.78 Å². The van der Waals surface area contributed by atoms with E-state index in [9.17, 15) is 14.4 Å². The fraction of sp³-hybridized carbons (Fsp3) is 0.176. The Labute approximate surface area is 153 Å². The van der Waals surface area contributed by atoms with E-state index in [-0.39, 0.29) is 24.8 Å². The number of carbonyl (C=O) groups is 3. The summed E-state index contributed by atoms with van der Waals surface area (Å²) in [7, 11) is 0. The van der Waals surface area contributed by atoms with Crippen LogP contribution >= 0.6 is 0 Å². The molecule has 27 heavy (non-hydrogen) atoms. The first-order valence-electron chi connectivity index (χ1n) is 8.18. The number of aryl methyl sites for hydroxylation is 1. The summed E-state index contributed by atoms with van der Waals surface area (Å²) in [5, 5.41) is 9.34. The van der Waals surface area contributed by atoms with Crippen molar-refractivity contribution < 1.29 is 14.4 Å². The van der Waals surface area contributed by atoms with E-state index >= 15 is 0 Å². The van der Waals surface area contributed by atoms with Crippen molar-refractivity contribution in [3.63, 3.8) is 0 Å². The minimum atomic E-state index is -0.480. The first-order chi connectivity index (χ1) is 13.0. The normalized spacial score (nSPS) is 13.9. The van der Waals surface area contributed by atoms with Gasteiger partial charge in [0.05, 0.1) is 13.1 Å². The molecule has 4 amide bonds. The van der Waals surface area contributed by atoms with E-state index in [0.29, 0.717) is 17.0 Å². The molecule has 0 bridgehead atoms. The lowest BCUT2D eigenvalue weighted by Crippen LogP contribution is -2.30. The highest BCUT2D eigenvalue weighted by molar-refractivity contribution is 6.02. The third-order valence-electron chi connectivity index (χ3n) is 4.10. The number of anilines is 1. The number of carbonyl (C=O) groups excluding carboxylic acids is 3. The summed E-state index contributed by atoms with van der Waals surface area (Å²) in [6.45, 7) is 1.97. The third kappa shape index (κ3) is 3.19. The number of amides is 4. The number of fused-ring (bicyclic) bond motifs is 1. The number of hydrogen-bond donors (Lipinski definition) is 2.